The lowest BCUT2D eigenvalue weighted by Gasteiger charge is -2.18. The summed E-state index contributed by atoms with van der Waals surface area (Å²) in [6.45, 7) is 0. The molecular formula is C11H19N5. The van der Waals surface area contributed by atoms with Crippen molar-refractivity contribution in [2.45, 2.75) is 31.3 Å². The second kappa shape index (κ2) is 4.65. The van der Waals surface area contributed by atoms with Gasteiger partial charge in [-0.3, -0.25) is 0 Å². The molecule has 1 heterocycles. The van der Waals surface area contributed by atoms with E-state index in [2.05, 4.69) is 15.3 Å². The lowest BCUT2D eigenvalue weighted by molar-refractivity contribution is 0.635. The average Bonchev–Trinajstić information content (AvgIpc) is 2.65. The van der Waals surface area contributed by atoms with Crippen molar-refractivity contribution in [3.63, 3.8) is 0 Å². The van der Waals surface area contributed by atoms with E-state index in [1.54, 1.807) is 6.20 Å². The summed E-state index contributed by atoms with van der Waals surface area (Å²) in [5.74, 6) is 1.58. The van der Waals surface area contributed by atoms with Gasteiger partial charge in [-0.05, 0) is 25.3 Å². The SMILES string of the molecule is CN(C)c1nccc(NC2CCCC2N)n1. The zero-order chi connectivity index (χ0) is 11.5. The van der Waals surface area contributed by atoms with Gasteiger partial charge in [-0.1, -0.05) is 0 Å². The number of nitrogens with two attached hydrogens (primary N) is 1. The Morgan fingerprint density at radius 1 is 1.44 bits per heavy atom. The van der Waals surface area contributed by atoms with Gasteiger partial charge in [-0.25, -0.2) is 4.98 Å². The van der Waals surface area contributed by atoms with Crippen LogP contribution in [0.2, 0.25) is 0 Å². The zero-order valence-corrected chi connectivity index (χ0v) is 9.85. The van der Waals surface area contributed by atoms with Gasteiger partial charge in [-0.2, -0.15) is 4.98 Å². The van der Waals surface area contributed by atoms with Crippen LogP contribution in [0.15, 0.2) is 12.3 Å². The maximum atomic E-state index is 6.01. The number of hydrogen-bond donors (Lipinski definition) is 2. The molecular weight excluding hydrogens is 202 g/mol. The van der Waals surface area contributed by atoms with E-state index in [-0.39, 0.29) is 6.04 Å². The summed E-state index contributed by atoms with van der Waals surface area (Å²) in [7, 11) is 3.86. The largest absolute Gasteiger partial charge is 0.366 e. The molecule has 2 atom stereocenters. The molecule has 0 amide bonds. The van der Waals surface area contributed by atoms with Gasteiger partial charge in [-0.15, -0.1) is 0 Å². The van der Waals surface area contributed by atoms with Gasteiger partial charge in [0.1, 0.15) is 5.82 Å². The van der Waals surface area contributed by atoms with Crippen molar-refractivity contribution in [2.24, 2.45) is 5.73 Å². The number of rotatable bonds is 3. The van der Waals surface area contributed by atoms with Crippen LogP contribution >= 0.6 is 0 Å². The van der Waals surface area contributed by atoms with Crippen molar-refractivity contribution in [3.05, 3.63) is 12.3 Å². The Morgan fingerprint density at radius 2 is 2.25 bits per heavy atom. The minimum absolute atomic E-state index is 0.248. The van der Waals surface area contributed by atoms with Crippen LogP contribution in [-0.2, 0) is 0 Å². The molecule has 2 unspecified atom stereocenters. The molecule has 1 saturated carbocycles. The topological polar surface area (TPSA) is 67.1 Å². The molecule has 0 aromatic carbocycles. The monoisotopic (exact) mass is 221 g/mol. The van der Waals surface area contributed by atoms with E-state index in [0.717, 1.165) is 24.6 Å². The van der Waals surface area contributed by atoms with E-state index in [4.69, 9.17) is 5.73 Å². The summed E-state index contributed by atoms with van der Waals surface area (Å²) in [6.07, 6.45) is 5.20. The van der Waals surface area contributed by atoms with Crippen molar-refractivity contribution in [1.29, 1.82) is 0 Å². The molecule has 16 heavy (non-hydrogen) atoms. The van der Waals surface area contributed by atoms with Crippen LogP contribution in [0.5, 0.6) is 0 Å². The Balaban J connectivity index is 2.06. The minimum Gasteiger partial charge on any atom is -0.366 e. The van der Waals surface area contributed by atoms with Crippen molar-refractivity contribution < 1.29 is 0 Å². The molecule has 1 aliphatic carbocycles. The number of hydrogen-bond acceptors (Lipinski definition) is 5. The second-order valence-corrected chi connectivity index (χ2v) is 4.48. The Kier molecular flexibility index (Phi) is 3.24. The normalized spacial score (nSPS) is 24.4. The quantitative estimate of drug-likeness (QED) is 0.791. The summed E-state index contributed by atoms with van der Waals surface area (Å²) in [5, 5.41) is 3.38. The smallest absolute Gasteiger partial charge is 0.226 e. The fourth-order valence-corrected chi connectivity index (χ4v) is 2.00. The van der Waals surface area contributed by atoms with Crippen LogP contribution in [0.4, 0.5) is 11.8 Å². The van der Waals surface area contributed by atoms with Crippen LogP contribution in [0, 0.1) is 0 Å². The molecule has 3 N–H and O–H groups in total. The van der Waals surface area contributed by atoms with Crippen LogP contribution in [0.25, 0.3) is 0 Å². The van der Waals surface area contributed by atoms with E-state index >= 15 is 0 Å². The number of nitrogens with one attached hydrogen (secondary N) is 1. The number of anilines is 2. The molecule has 0 saturated heterocycles. The maximum Gasteiger partial charge on any atom is 0.226 e. The fourth-order valence-electron chi connectivity index (χ4n) is 2.00. The third kappa shape index (κ3) is 2.41. The molecule has 88 valence electrons. The van der Waals surface area contributed by atoms with Crippen LogP contribution in [0.3, 0.4) is 0 Å². The fraction of sp³-hybridized carbons (Fsp3) is 0.636. The Bertz CT molecular complexity index is 352. The molecule has 5 nitrogen and oxygen atoms in total. The van der Waals surface area contributed by atoms with E-state index in [0.29, 0.717) is 6.04 Å². The second-order valence-electron chi connectivity index (χ2n) is 4.48. The highest BCUT2D eigenvalue weighted by Gasteiger charge is 2.23. The van der Waals surface area contributed by atoms with Crippen molar-refractivity contribution in [1.82, 2.24) is 9.97 Å². The predicted molar refractivity (Wildman–Crippen MR) is 65.6 cm³/mol. The van der Waals surface area contributed by atoms with Crippen molar-refractivity contribution in [2.75, 3.05) is 24.3 Å². The third-order valence-electron chi connectivity index (χ3n) is 2.95. The van der Waals surface area contributed by atoms with E-state index in [1.807, 2.05) is 25.1 Å². The summed E-state index contributed by atoms with van der Waals surface area (Å²) < 4.78 is 0. The Labute approximate surface area is 96.1 Å². The van der Waals surface area contributed by atoms with E-state index in [1.165, 1.54) is 6.42 Å². The molecule has 1 aromatic rings. The van der Waals surface area contributed by atoms with Gasteiger partial charge < -0.3 is 16.0 Å². The molecule has 0 aliphatic heterocycles. The summed E-state index contributed by atoms with van der Waals surface area (Å²) >= 11 is 0. The molecule has 1 aliphatic rings. The zero-order valence-electron chi connectivity index (χ0n) is 9.85. The first-order chi connectivity index (χ1) is 7.66. The summed E-state index contributed by atoms with van der Waals surface area (Å²) in [6, 6.07) is 2.49. The van der Waals surface area contributed by atoms with Gasteiger partial charge >= 0.3 is 0 Å². The Hall–Kier alpha value is -1.36. The number of aromatic nitrogens is 2. The molecule has 5 heteroatoms. The maximum absolute atomic E-state index is 6.01. The van der Waals surface area contributed by atoms with Gasteiger partial charge in [0, 0.05) is 32.4 Å². The first kappa shape index (κ1) is 11.1. The first-order valence-electron chi connectivity index (χ1n) is 5.69. The first-order valence-corrected chi connectivity index (χ1v) is 5.69. The van der Waals surface area contributed by atoms with Gasteiger partial charge in [0.2, 0.25) is 5.95 Å². The molecule has 0 spiro atoms. The van der Waals surface area contributed by atoms with Crippen LogP contribution < -0.4 is 16.0 Å². The molecule has 2 rings (SSSR count). The van der Waals surface area contributed by atoms with Crippen LogP contribution in [-0.4, -0.2) is 36.1 Å². The highest BCUT2D eigenvalue weighted by molar-refractivity contribution is 5.41. The van der Waals surface area contributed by atoms with E-state index < -0.39 is 0 Å². The average molecular weight is 221 g/mol. The minimum atomic E-state index is 0.248. The van der Waals surface area contributed by atoms with Gasteiger partial charge in [0.25, 0.3) is 0 Å². The standard InChI is InChI=1S/C11H19N5/c1-16(2)11-13-7-6-10(15-11)14-9-5-3-4-8(9)12/h6-9H,3-5,12H2,1-2H3,(H,13,14,15). The van der Waals surface area contributed by atoms with Gasteiger partial charge in [0.15, 0.2) is 0 Å². The lowest BCUT2D eigenvalue weighted by Crippen LogP contribution is -2.35. The summed E-state index contributed by atoms with van der Waals surface area (Å²) in [4.78, 5) is 10.5. The highest BCUT2D eigenvalue weighted by Crippen LogP contribution is 2.21. The summed E-state index contributed by atoms with van der Waals surface area (Å²) in [5.41, 5.74) is 6.01. The van der Waals surface area contributed by atoms with E-state index in [9.17, 15) is 0 Å². The molecule has 1 fully saturated rings. The predicted octanol–water partition coefficient (Wildman–Crippen LogP) is 0.834. The molecule has 0 bridgehead atoms. The van der Waals surface area contributed by atoms with Gasteiger partial charge in [0.05, 0.1) is 0 Å². The molecule has 0 radical (unpaired) electrons. The third-order valence-corrected chi connectivity index (χ3v) is 2.95. The number of nitrogens with zero attached hydrogens (tertiary/aromatic N) is 3. The van der Waals surface area contributed by atoms with Crippen molar-refractivity contribution in [3.8, 4) is 0 Å². The van der Waals surface area contributed by atoms with Crippen LogP contribution in [0.1, 0.15) is 19.3 Å². The lowest BCUT2D eigenvalue weighted by atomic mass is 10.2. The molecule has 1 aromatic heterocycles. The Morgan fingerprint density at radius 3 is 2.88 bits per heavy atom. The van der Waals surface area contributed by atoms with Crippen molar-refractivity contribution >= 4 is 11.8 Å². The highest BCUT2D eigenvalue weighted by atomic mass is 15.2.